The second-order valence-electron chi connectivity index (χ2n) is 5.56. The Morgan fingerprint density at radius 3 is 2.18 bits per heavy atom. The summed E-state index contributed by atoms with van der Waals surface area (Å²) < 4.78 is 0. The maximum absolute atomic E-state index is 4.65. The predicted octanol–water partition coefficient (Wildman–Crippen LogP) is 3.62. The van der Waals surface area contributed by atoms with Crippen LogP contribution in [0, 0.1) is 6.92 Å². The molecule has 0 aliphatic rings. The summed E-state index contributed by atoms with van der Waals surface area (Å²) in [6.45, 7) is 2.72. The number of rotatable bonds is 4. The third-order valence-electron chi connectivity index (χ3n) is 3.66. The van der Waals surface area contributed by atoms with Gasteiger partial charge in [0.2, 0.25) is 0 Å². The van der Waals surface area contributed by atoms with E-state index < -0.39 is 0 Å². The summed E-state index contributed by atoms with van der Waals surface area (Å²) >= 11 is 0. The van der Waals surface area contributed by atoms with Crippen molar-refractivity contribution in [1.82, 2.24) is 9.97 Å². The largest absolute Gasteiger partial charge is 0.378 e. The molecule has 0 fully saturated rings. The molecule has 0 spiro atoms. The highest BCUT2D eigenvalue weighted by atomic mass is 15.1. The van der Waals surface area contributed by atoms with Crippen LogP contribution >= 0.6 is 0 Å². The van der Waals surface area contributed by atoms with Crippen molar-refractivity contribution in [3.05, 3.63) is 59.8 Å². The van der Waals surface area contributed by atoms with Crippen molar-refractivity contribution in [1.29, 1.82) is 0 Å². The number of aromatic nitrogens is 2. The minimum Gasteiger partial charge on any atom is -0.378 e. The molecule has 1 N–H and O–H groups in total. The van der Waals surface area contributed by atoms with E-state index in [0.717, 1.165) is 29.1 Å². The summed E-state index contributed by atoms with van der Waals surface area (Å²) in [5.41, 5.74) is 5.19. The van der Waals surface area contributed by atoms with Crippen LogP contribution in [-0.2, 0) is 6.54 Å². The van der Waals surface area contributed by atoms with E-state index in [9.17, 15) is 0 Å². The number of anilines is 2. The van der Waals surface area contributed by atoms with Crippen molar-refractivity contribution in [2.24, 2.45) is 0 Å². The van der Waals surface area contributed by atoms with Gasteiger partial charge in [0, 0.05) is 26.3 Å². The fourth-order valence-corrected chi connectivity index (χ4v) is 2.35. The molecule has 0 radical (unpaired) electrons. The number of benzene rings is 2. The molecule has 0 unspecified atom stereocenters. The molecule has 2 aromatic carbocycles. The first-order valence-corrected chi connectivity index (χ1v) is 7.37. The molecule has 0 atom stereocenters. The van der Waals surface area contributed by atoms with Gasteiger partial charge in [-0.1, -0.05) is 24.3 Å². The molecule has 0 aliphatic carbocycles. The lowest BCUT2D eigenvalue weighted by Gasteiger charge is -2.13. The fraction of sp³-hybridized carbons (Fsp3) is 0.222. The summed E-state index contributed by atoms with van der Waals surface area (Å²) in [4.78, 5) is 11.3. The molecule has 0 aliphatic heterocycles. The SMILES string of the molecule is Cc1nc2ccccc2nc1NCc1ccc(N(C)C)cc1. The number of nitrogens with zero attached hydrogens (tertiary/aromatic N) is 3. The van der Waals surface area contributed by atoms with E-state index in [2.05, 4.69) is 44.5 Å². The zero-order chi connectivity index (χ0) is 15.5. The van der Waals surface area contributed by atoms with E-state index in [1.807, 2.05) is 45.3 Å². The van der Waals surface area contributed by atoms with Crippen LogP contribution in [0.3, 0.4) is 0 Å². The van der Waals surface area contributed by atoms with E-state index >= 15 is 0 Å². The normalized spacial score (nSPS) is 10.7. The maximum Gasteiger partial charge on any atom is 0.148 e. The van der Waals surface area contributed by atoms with Gasteiger partial charge in [0.1, 0.15) is 5.82 Å². The molecule has 1 aromatic heterocycles. The molecule has 0 amide bonds. The van der Waals surface area contributed by atoms with Crippen LogP contribution < -0.4 is 10.2 Å². The number of nitrogens with one attached hydrogen (secondary N) is 1. The van der Waals surface area contributed by atoms with Crippen LogP contribution in [0.4, 0.5) is 11.5 Å². The Morgan fingerprint density at radius 2 is 1.55 bits per heavy atom. The summed E-state index contributed by atoms with van der Waals surface area (Å²) in [6.07, 6.45) is 0. The van der Waals surface area contributed by atoms with Gasteiger partial charge in [-0.25, -0.2) is 9.97 Å². The molecule has 4 heteroatoms. The number of aryl methyl sites for hydroxylation is 1. The Bertz CT molecular complexity index is 779. The summed E-state index contributed by atoms with van der Waals surface area (Å²) in [5, 5.41) is 3.38. The lowest BCUT2D eigenvalue weighted by molar-refractivity contribution is 1.07. The minimum atomic E-state index is 0.738. The average Bonchev–Trinajstić information content (AvgIpc) is 2.53. The first-order valence-electron chi connectivity index (χ1n) is 7.37. The third kappa shape index (κ3) is 3.01. The molecule has 112 valence electrons. The number of hydrogen-bond donors (Lipinski definition) is 1. The van der Waals surface area contributed by atoms with Gasteiger partial charge in [-0.3, -0.25) is 0 Å². The van der Waals surface area contributed by atoms with E-state index in [4.69, 9.17) is 0 Å². The second-order valence-corrected chi connectivity index (χ2v) is 5.56. The first-order chi connectivity index (χ1) is 10.6. The Morgan fingerprint density at radius 1 is 0.909 bits per heavy atom. The lowest BCUT2D eigenvalue weighted by Crippen LogP contribution is -2.09. The van der Waals surface area contributed by atoms with Gasteiger partial charge in [-0.2, -0.15) is 0 Å². The molecule has 0 saturated heterocycles. The van der Waals surface area contributed by atoms with Crippen LogP contribution in [0.1, 0.15) is 11.3 Å². The van der Waals surface area contributed by atoms with Crippen molar-refractivity contribution in [2.75, 3.05) is 24.3 Å². The standard InChI is InChI=1S/C18H20N4/c1-13-18(21-17-7-5-4-6-16(17)20-13)19-12-14-8-10-15(11-9-14)22(2)3/h4-11H,12H2,1-3H3,(H,19,21). The van der Waals surface area contributed by atoms with Crippen LogP contribution in [0.25, 0.3) is 11.0 Å². The van der Waals surface area contributed by atoms with Gasteiger partial charge in [0.25, 0.3) is 0 Å². The Balaban J connectivity index is 1.77. The summed E-state index contributed by atoms with van der Waals surface area (Å²) in [7, 11) is 4.09. The molecule has 4 nitrogen and oxygen atoms in total. The zero-order valence-corrected chi connectivity index (χ0v) is 13.2. The molecule has 22 heavy (non-hydrogen) atoms. The Hall–Kier alpha value is -2.62. The predicted molar refractivity (Wildman–Crippen MR) is 92.4 cm³/mol. The van der Waals surface area contributed by atoms with Gasteiger partial charge < -0.3 is 10.2 Å². The highest BCUT2D eigenvalue weighted by Gasteiger charge is 2.04. The van der Waals surface area contributed by atoms with Crippen LogP contribution in [0.15, 0.2) is 48.5 Å². The van der Waals surface area contributed by atoms with Crippen molar-refractivity contribution >= 4 is 22.5 Å². The van der Waals surface area contributed by atoms with Crippen molar-refractivity contribution in [3.63, 3.8) is 0 Å². The van der Waals surface area contributed by atoms with Crippen LogP contribution in [0.5, 0.6) is 0 Å². The topological polar surface area (TPSA) is 41.1 Å². The molecular formula is C18H20N4. The maximum atomic E-state index is 4.65. The lowest BCUT2D eigenvalue weighted by atomic mass is 10.2. The highest BCUT2D eigenvalue weighted by Crippen LogP contribution is 2.17. The monoisotopic (exact) mass is 292 g/mol. The molecule has 0 saturated carbocycles. The van der Waals surface area contributed by atoms with Crippen LogP contribution in [0.2, 0.25) is 0 Å². The second kappa shape index (κ2) is 6.02. The minimum absolute atomic E-state index is 0.738. The molecular weight excluding hydrogens is 272 g/mol. The third-order valence-corrected chi connectivity index (χ3v) is 3.66. The smallest absolute Gasteiger partial charge is 0.148 e. The van der Waals surface area contributed by atoms with E-state index in [-0.39, 0.29) is 0 Å². The van der Waals surface area contributed by atoms with Gasteiger partial charge >= 0.3 is 0 Å². The van der Waals surface area contributed by atoms with Gasteiger partial charge in [-0.15, -0.1) is 0 Å². The molecule has 0 bridgehead atoms. The average molecular weight is 292 g/mol. The molecule has 1 heterocycles. The van der Waals surface area contributed by atoms with Crippen molar-refractivity contribution in [2.45, 2.75) is 13.5 Å². The molecule has 3 rings (SSSR count). The van der Waals surface area contributed by atoms with Gasteiger partial charge in [0.15, 0.2) is 0 Å². The number of hydrogen-bond acceptors (Lipinski definition) is 4. The number of fused-ring (bicyclic) bond motifs is 1. The Labute approximate surface area is 130 Å². The Kier molecular flexibility index (Phi) is 3.92. The zero-order valence-electron chi connectivity index (χ0n) is 13.2. The first kappa shape index (κ1) is 14.3. The van der Waals surface area contributed by atoms with Crippen LogP contribution in [-0.4, -0.2) is 24.1 Å². The molecule has 3 aromatic rings. The van der Waals surface area contributed by atoms with Gasteiger partial charge in [-0.05, 0) is 36.8 Å². The van der Waals surface area contributed by atoms with E-state index in [1.165, 1.54) is 11.3 Å². The summed E-state index contributed by atoms with van der Waals surface area (Å²) in [6, 6.07) is 16.4. The van der Waals surface area contributed by atoms with Crippen molar-refractivity contribution < 1.29 is 0 Å². The quantitative estimate of drug-likeness (QED) is 0.797. The summed E-state index contributed by atoms with van der Waals surface area (Å²) in [5.74, 6) is 0.843. The highest BCUT2D eigenvalue weighted by molar-refractivity contribution is 5.76. The van der Waals surface area contributed by atoms with Crippen molar-refractivity contribution in [3.8, 4) is 0 Å². The number of para-hydroxylation sites is 2. The fourth-order valence-electron chi connectivity index (χ4n) is 2.35. The van der Waals surface area contributed by atoms with E-state index in [0.29, 0.717) is 0 Å². The van der Waals surface area contributed by atoms with Gasteiger partial charge in [0.05, 0.1) is 16.7 Å². The van der Waals surface area contributed by atoms with E-state index in [1.54, 1.807) is 0 Å².